The van der Waals surface area contributed by atoms with E-state index in [0.29, 0.717) is 12.0 Å². The molecule has 0 spiro atoms. The van der Waals surface area contributed by atoms with E-state index in [0.717, 1.165) is 61.9 Å². The van der Waals surface area contributed by atoms with Crippen LogP contribution in [0.1, 0.15) is 31.2 Å². The zero-order valence-corrected chi connectivity index (χ0v) is 18.8. The summed E-state index contributed by atoms with van der Waals surface area (Å²) >= 11 is 0. The molecule has 1 aliphatic heterocycles. The van der Waals surface area contributed by atoms with Crippen LogP contribution in [0.5, 0.6) is 0 Å². The van der Waals surface area contributed by atoms with Gasteiger partial charge in [0.15, 0.2) is 5.82 Å². The highest BCUT2D eigenvalue weighted by atomic mass is 16.5. The molecule has 2 aliphatic rings. The van der Waals surface area contributed by atoms with Gasteiger partial charge in [-0.3, -0.25) is 4.99 Å². The monoisotopic (exact) mass is 442 g/mol. The van der Waals surface area contributed by atoms with E-state index in [4.69, 9.17) is 9.72 Å². The van der Waals surface area contributed by atoms with Gasteiger partial charge < -0.3 is 20.3 Å². The van der Waals surface area contributed by atoms with Gasteiger partial charge in [0.05, 0.1) is 19.4 Å². The van der Waals surface area contributed by atoms with E-state index in [1.54, 1.807) is 6.20 Å². The summed E-state index contributed by atoms with van der Waals surface area (Å²) in [5.41, 5.74) is 3.96. The third-order valence-electron chi connectivity index (χ3n) is 6.12. The first kappa shape index (κ1) is 21.4. The number of hydrogen-bond donors (Lipinski definition) is 2. The minimum Gasteiger partial charge on any atom is -0.378 e. The molecule has 0 radical (unpaired) electrons. The summed E-state index contributed by atoms with van der Waals surface area (Å²) in [6.07, 6.45) is 8.48. The molecule has 2 N–H and O–H groups in total. The number of ether oxygens (including phenoxy) is 1. The lowest BCUT2D eigenvalue weighted by Gasteiger charge is -2.28. The van der Waals surface area contributed by atoms with Crippen LogP contribution in [0.3, 0.4) is 0 Å². The summed E-state index contributed by atoms with van der Waals surface area (Å²) in [5.74, 6) is 1.34. The SMILES string of the molecule is C(=Nc1cnc(Nc2ccc(N3CCOCC3)cc2)nc1NC1CCCC1)c1ccccc1. The quantitative estimate of drug-likeness (QED) is 0.492. The molecule has 2 fully saturated rings. The molecule has 0 bridgehead atoms. The molecule has 0 atom stereocenters. The molecule has 2 heterocycles. The predicted octanol–water partition coefficient (Wildman–Crippen LogP) is 5.16. The Balaban J connectivity index is 1.33. The van der Waals surface area contributed by atoms with Gasteiger partial charge in [0, 0.05) is 36.7 Å². The summed E-state index contributed by atoms with van der Waals surface area (Å²) < 4.78 is 5.45. The Morgan fingerprint density at radius 2 is 1.73 bits per heavy atom. The third kappa shape index (κ3) is 5.68. The Labute approximate surface area is 194 Å². The van der Waals surface area contributed by atoms with Gasteiger partial charge in [-0.2, -0.15) is 4.98 Å². The maximum Gasteiger partial charge on any atom is 0.229 e. The van der Waals surface area contributed by atoms with Crippen molar-refractivity contribution >= 4 is 35.0 Å². The van der Waals surface area contributed by atoms with Gasteiger partial charge in [-0.15, -0.1) is 0 Å². The van der Waals surface area contributed by atoms with Crippen LogP contribution in [0.25, 0.3) is 0 Å². The Morgan fingerprint density at radius 1 is 0.970 bits per heavy atom. The van der Waals surface area contributed by atoms with Crippen LogP contribution in [0.2, 0.25) is 0 Å². The van der Waals surface area contributed by atoms with Crippen molar-refractivity contribution in [2.45, 2.75) is 31.7 Å². The molecule has 0 amide bonds. The van der Waals surface area contributed by atoms with Crippen LogP contribution in [-0.4, -0.2) is 48.5 Å². The second-order valence-corrected chi connectivity index (χ2v) is 8.49. The smallest absolute Gasteiger partial charge is 0.229 e. The molecule has 2 aromatic carbocycles. The van der Waals surface area contributed by atoms with Gasteiger partial charge in [0.1, 0.15) is 5.69 Å². The summed E-state index contributed by atoms with van der Waals surface area (Å²) in [4.78, 5) is 16.3. The standard InChI is InChI=1S/C26H30N6O/c1-2-6-20(7-3-1)18-27-24-19-28-26(31-25(24)29-21-8-4-5-9-21)30-22-10-12-23(13-11-22)32-14-16-33-17-15-32/h1-3,6-7,10-13,18-19,21H,4-5,8-9,14-17H2,(H2,28,29,30,31). The van der Waals surface area contributed by atoms with Crippen molar-refractivity contribution in [1.29, 1.82) is 0 Å². The van der Waals surface area contributed by atoms with Crippen LogP contribution < -0.4 is 15.5 Å². The Hall–Kier alpha value is -3.45. The number of rotatable bonds is 7. The summed E-state index contributed by atoms with van der Waals surface area (Å²) in [6, 6.07) is 18.9. The molecule has 1 saturated heterocycles. The number of aromatic nitrogens is 2. The molecule has 170 valence electrons. The summed E-state index contributed by atoms with van der Waals surface area (Å²) in [7, 11) is 0. The van der Waals surface area contributed by atoms with Crippen LogP contribution in [-0.2, 0) is 4.74 Å². The van der Waals surface area contributed by atoms with Gasteiger partial charge in [-0.05, 0) is 42.7 Å². The van der Waals surface area contributed by atoms with Crippen molar-refractivity contribution in [3.8, 4) is 0 Å². The summed E-state index contributed by atoms with van der Waals surface area (Å²) in [5, 5.41) is 6.94. The van der Waals surface area contributed by atoms with Crippen molar-refractivity contribution in [2.24, 2.45) is 4.99 Å². The number of nitrogens with zero attached hydrogens (tertiary/aromatic N) is 4. The van der Waals surface area contributed by atoms with E-state index in [9.17, 15) is 0 Å². The van der Waals surface area contributed by atoms with Gasteiger partial charge in [0.25, 0.3) is 0 Å². The maximum absolute atomic E-state index is 5.45. The number of hydrogen-bond acceptors (Lipinski definition) is 7. The molecule has 1 aliphatic carbocycles. The fourth-order valence-electron chi connectivity index (χ4n) is 4.29. The molecule has 1 saturated carbocycles. The molecule has 1 aromatic heterocycles. The average molecular weight is 443 g/mol. The minimum atomic E-state index is 0.436. The first-order chi connectivity index (χ1) is 16.3. The molecule has 5 rings (SSSR count). The highest BCUT2D eigenvalue weighted by Gasteiger charge is 2.17. The molecule has 33 heavy (non-hydrogen) atoms. The van der Waals surface area contributed by atoms with Crippen LogP contribution in [0.4, 0.5) is 28.8 Å². The molecule has 7 nitrogen and oxygen atoms in total. The van der Waals surface area contributed by atoms with Crippen molar-refractivity contribution in [2.75, 3.05) is 41.8 Å². The van der Waals surface area contributed by atoms with E-state index < -0.39 is 0 Å². The normalized spacial score (nSPS) is 16.9. The number of morpholine rings is 1. The van der Waals surface area contributed by atoms with Crippen molar-refractivity contribution < 1.29 is 4.74 Å². The van der Waals surface area contributed by atoms with Gasteiger partial charge in [0.2, 0.25) is 5.95 Å². The lowest BCUT2D eigenvalue weighted by molar-refractivity contribution is 0.122. The Morgan fingerprint density at radius 3 is 2.48 bits per heavy atom. The molecule has 7 heteroatoms. The molecular weight excluding hydrogens is 412 g/mol. The number of benzene rings is 2. The first-order valence-electron chi connectivity index (χ1n) is 11.8. The molecular formula is C26H30N6O. The van der Waals surface area contributed by atoms with E-state index in [-0.39, 0.29) is 0 Å². The zero-order chi connectivity index (χ0) is 22.3. The largest absolute Gasteiger partial charge is 0.378 e. The average Bonchev–Trinajstić information content (AvgIpc) is 3.38. The van der Waals surface area contributed by atoms with Crippen molar-refractivity contribution in [1.82, 2.24) is 9.97 Å². The van der Waals surface area contributed by atoms with Gasteiger partial charge >= 0.3 is 0 Å². The van der Waals surface area contributed by atoms with Crippen molar-refractivity contribution in [3.05, 3.63) is 66.4 Å². The van der Waals surface area contributed by atoms with Gasteiger partial charge in [-0.1, -0.05) is 43.2 Å². The fourth-order valence-corrected chi connectivity index (χ4v) is 4.29. The van der Waals surface area contributed by atoms with Gasteiger partial charge in [-0.25, -0.2) is 4.98 Å². The lowest BCUT2D eigenvalue weighted by Crippen LogP contribution is -2.36. The fraction of sp³-hybridized carbons (Fsp3) is 0.346. The maximum atomic E-state index is 5.45. The van der Waals surface area contributed by atoms with Crippen LogP contribution in [0.15, 0.2) is 65.8 Å². The second-order valence-electron chi connectivity index (χ2n) is 8.49. The number of nitrogens with one attached hydrogen (secondary N) is 2. The van der Waals surface area contributed by atoms with E-state index in [1.165, 1.54) is 18.5 Å². The molecule has 0 unspecified atom stereocenters. The van der Waals surface area contributed by atoms with Crippen LogP contribution in [0, 0.1) is 0 Å². The van der Waals surface area contributed by atoms with E-state index in [1.807, 2.05) is 36.5 Å². The Bertz CT molecular complexity index is 1060. The highest BCUT2D eigenvalue weighted by molar-refractivity contribution is 5.83. The topological polar surface area (TPSA) is 74.7 Å². The predicted molar refractivity (Wildman–Crippen MR) is 134 cm³/mol. The second kappa shape index (κ2) is 10.4. The van der Waals surface area contributed by atoms with E-state index in [2.05, 4.69) is 49.8 Å². The number of aliphatic imine (C=N–C) groups is 1. The van der Waals surface area contributed by atoms with E-state index >= 15 is 0 Å². The van der Waals surface area contributed by atoms with Crippen molar-refractivity contribution in [3.63, 3.8) is 0 Å². The molecule has 3 aromatic rings. The lowest BCUT2D eigenvalue weighted by atomic mass is 10.2. The minimum absolute atomic E-state index is 0.436. The highest BCUT2D eigenvalue weighted by Crippen LogP contribution is 2.29. The zero-order valence-electron chi connectivity index (χ0n) is 18.8. The number of anilines is 4. The van der Waals surface area contributed by atoms with Crippen LogP contribution >= 0.6 is 0 Å². The Kier molecular flexibility index (Phi) is 6.77. The summed E-state index contributed by atoms with van der Waals surface area (Å²) in [6.45, 7) is 3.42. The first-order valence-corrected chi connectivity index (χ1v) is 11.8. The third-order valence-corrected chi connectivity index (χ3v) is 6.12.